The Hall–Kier alpha value is -1.14. The lowest BCUT2D eigenvalue weighted by Crippen LogP contribution is -2.28. The predicted molar refractivity (Wildman–Crippen MR) is 32.6 cm³/mol. The van der Waals surface area contributed by atoms with Crippen molar-refractivity contribution in [2.75, 3.05) is 0 Å². The molecule has 0 heterocycles. The Morgan fingerprint density at radius 3 is 1.40 bits per heavy atom. The van der Waals surface area contributed by atoms with Gasteiger partial charge >= 0.3 is 0 Å². The van der Waals surface area contributed by atoms with E-state index in [1.54, 1.807) is 0 Å². The lowest BCUT2D eigenvalue weighted by Gasteiger charge is -2.05. The Morgan fingerprint density at radius 2 is 1.20 bits per heavy atom. The van der Waals surface area contributed by atoms with Gasteiger partial charge in [0.1, 0.15) is 12.2 Å². The van der Waals surface area contributed by atoms with Gasteiger partial charge < -0.3 is 20.6 Å². The highest BCUT2D eigenvalue weighted by Crippen LogP contribution is 1.85. The highest BCUT2D eigenvalue weighted by molar-refractivity contribution is 5.73. The van der Waals surface area contributed by atoms with Crippen molar-refractivity contribution in [2.24, 2.45) is 10.3 Å². The molecule has 0 radical (unpaired) electrons. The van der Waals surface area contributed by atoms with Crippen molar-refractivity contribution >= 4 is 12.4 Å². The Labute approximate surface area is 56.7 Å². The number of nitrogens with zero attached hydrogens (tertiary/aromatic N) is 2. The summed E-state index contributed by atoms with van der Waals surface area (Å²) in [7, 11) is 0. The van der Waals surface area contributed by atoms with E-state index in [1.807, 2.05) is 0 Å². The summed E-state index contributed by atoms with van der Waals surface area (Å²) in [6, 6.07) is 0. The van der Waals surface area contributed by atoms with Gasteiger partial charge in [-0.05, 0) is 0 Å². The SMILES string of the molecule is O/N=C/[C@H](O)[C@@H](O)/C=N/O. The maximum absolute atomic E-state index is 8.69. The minimum Gasteiger partial charge on any atom is -0.411 e. The van der Waals surface area contributed by atoms with Crippen LogP contribution in [0.25, 0.3) is 0 Å². The first-order valence-corrected chi connectivity index (χ1v) is 2.43. The van der Waals surface area contributed by atoms with Crippen LogP contribution in [0.1, 0.15) is 0 Å². The van der Waals surface area contributed by atoms with Crippen molar-refractivity contribution in [3.05, 3.63) is 0 Å². The Morgan fingerprint density at radius 1 is 0.900 bits per heavy atom. The standard InChI is InChI=1S/C4H8N2O4/c7-3(1-5-9)4(8)2-6-10/h1-4,7-10H/b5-1+,6-2+/t3-,4-/m0/s1. The molecule has 0 amide bonds. The van der Waals surface area contributed by atoms with Crippen LogP contribution in [0.15, 0.2) is 10.3 Å². The van der Waals surface area contributed by atoms with E-state index in [-0.39, 0.29) is 0 Å². The average Bonchev–Trinajstić information content (AvgIpc) is 1.89. The summed E-state index contributed by atoms with van der Waals surface area (Å²) in [6.07, 6.45) is -1.32. The molecule has 0 aromatic carbocycles. The largest absolute Gasteiger partial charge is 0.411 e. The number of hydrogen-bond acceptors (Lipinski definition) is 6. The normalized spacial score (nSPS) is 18.2. The third-order valence-electron chi connectivity index (χ3n) is 0.789. The third-order valence-corrected chi connectivity index (χ3v) is 0.789. The van der Waals surface area contributed by atoms with E-state index >= 15 is 0 Å². The summed E-state index contributed by atoms with van der Waals surface area (Å²) < 4.78 is 0. The fraction of sp³-hybridized carbons (Fsp3) is 0.500. The number of aliphatic hydroxyl groups excluding tert-OH is 2. The molecule has 0 rings (SSSR count). The molecule has 0 aromatic heterocycles. The van der Waals surface area contributed by atoms with Crippen molar-refractivity contribution in [3.8, 4) is 0 Å². The van der Waals surface area contributed by atoms with Crippen LogP contribution >= 0.6 is 0 Å². The molecular weight excluding hydrogens is 140 g/mol. The lowest BCUT2D eigenvalue weighted by molar-refractivity contribution is 0.107. The summed E-state index contributed by atoms with van der Waals surface area (Å²) in [4.78, 5) is 0. The van der Waals surface area contributed by atoms with Gasteiger partial charge in [0, 0.05) is 0 Å². The van der Waals surface area contributed by atoms with Gasteiger partial charge in [0.2, 0.25) is 0 Å². The molecule has 0 aliphatic rings. The zero-order valence-corrected chi connectivity index (χ0v) is 4.99. The zero-order valence-electron chi connectivity index (χ0n) is 4.99. The Bertz CT molecular complexity index is 119. The molecule has 2 atom stereocenters. The van der Waals surface area contributed by atoms with Gasteiger partial charge in [-0.15, -0.1) is 0 Å². The van der Waals surface area contributed by atoms with Crippen molar-refractivity contribution in [1.29, 1.82) is 0 Å². The molecule has 58 valence electrons. The molecule has 0 aliphatic heterocycles. The molecule has 6 nitrogen and oxygen atoms in total. The average molecular weight is 148 g/mol. The van der Waals surface area contributed by atoms with Gasteiger partial charge in [0.25, 0.3) is 0 Å². The molecule has 0 bridgehead atoms. The molecule has 0 saturated carbocycles. The molecule has 6 heteroatoms. The smallest absolute Gasteiger partial charge is 0.123 e. The fourth-order valence-corrected chi connectivity index (χ4v) is 0.313. The maximum atomic E-state index is 8.69. The molecule has 0 saturated heterocycles. The van der Waals surface area contributed by atoms with Crippen LogP contribution in [-0.4, -0.2) is 45.3 Å². The van der Waals surface area contributed by atoms with Crippen LogP contribution in [0, 0.1) is 0 Å². The second-order valence-corrected chi connectivity index (χ2v) is 1.51. The summed E-state index contributed by atoms with van der Waals surface area (Å²) in [5.41, 5.74) is 0. The molecule has 4 N–H and O–H groups in total. The molecule has 0 aliphatic carbocycles. The maximum Gasteiger partial charge on any atom is 0.123 e. The van der Waals surface area contributed by atoms with E-state index in [2.05, 4.69) is 10.3 Å². The minimum absolute atomic E-state index is 0.701. The van der Waals surface area contributed by atoms with Crippen molar-refractivity contribution in [1.82, 2.24) is 0 Å². The van der Waals surface area contributed by atoms with Gasteiger partial charge in [0.15, 0.2) is 0 Å². The second kappa shape index (κ2) is 4.71. The highest BCUT2D eigenvalue weighted by atomic mass is 16.4. The van der Waals surface area contributed by atoms with Gasteiger partial charge in [-0.1, -0.05) is 10.3 Å². The van der Waals surface area contributed by atoms with Crippen molar-refractivity contribution < 1.29 is 20.6 Å². The number of hydrogen-bond donors (Lipinski definition) is 4. The zero-order chi connectivity index (χ0) is 7.98. The van der Waals surface area contributed by atoms with Crippen LogP contribution in [0.2, 0.25) is 0 Å². The summed E-state index contributed by atoms with van der Waals surface area (Å²) >= 11 is 0. The monoisotopic (exact) mass is 148 g/mol. The van der Waals surface area contributed by atoms with Crippen LogP contribution in [0.5, 0.6) is 0 Å². The molecule has 0 aromatic rings. The number of aliphatic hydroxyl groups is 2. The van der Waals surface area contributed by atoms with E-state index in [0.29, 0.717) is 12.4 Å². The predicted octanol–water partition coefficient (Wildman–Crippen LogP) is -1.37. The molecular formula is C4H8N2O4. The van der Waals surface area contributed by atoms with Crippen LogP contribution in [-0.2, 0) is 0 Å². The van der Waals surface area contributed by atoms with E-state index in [1.165, 1.54) is 0 Å². The lowest BCUT2D eigenvalue weighted by atomic mass is 10.2. The van der Waals surface area contributed by atoms with Gasteiger partial charge in [-0.25, -0.2) is 0 Å². The van der Waals surface area contributed by atoms with E-state index in [4.69, 9.17) is 20.6 Å². The fourth-order valence-electron chi connectivity index (χ4n) is 0.313. The summed E-state index contributed by atoms with van der Waals surface area (Å²) in [5, 5.41) is 38.0. The van der Waals surface area contributed by atoms with Gasteiger partial charge in [0.05, 0.1) is 12.4 Å². The Balaban J connectivity index is 3.81. The van der Waals surface area contributed by atoms with Gasteiger partial charge in [-0.3, -0.25) is 0 Å². The number of rotatable bonds is 3. The second-order valence-electron chi connectivity index (χ2n) is 1.51. The summed E-state index contributed by atoms with van der Waals surface area (Å²) in [6.45, 7) is 0. The van der Waals surface area contributed by atoms with E-state index in [0.717, 1.165) is 0 Å². The van der Waals surface area contributed by atoms with Crippen LogP contribution < -0.4 is 0 Å². The van der Waals surface area contributed by atoms with Gasteiger partial charge in [-0.2, -0.15) is 0 Å². The molecule has 0 spiro atoms. The number of oxime groups is 2. The topological polar surface area (TPSA) is 106 Å². The first-order chi connectivity index (χ1) is 4.72. The van der Waals surface area contributed by atoms with Crippen molar-refractivity contribution in [2.45, 2.75) is 12.2 Å². The first kappa shape index (κ1) is 8.86. The van der Waals surface area contributed by atoms with Crippen molar-refractivity contribution in [3.63, 3.8) is 0 Å². The van der Waals surface area contributed by atoms with Crippen LogP contribution in [0.4, 0.5) is 0 Å². The third kappa shape index (κ3) is 3.00. The Kier molecular flexibility index (Phi) is 4.17. The molecule has 0 fully saturated rings. The van der Waals surface area contributed by atoms with Crippen LogP contribution in [0.3, 0.4) is 0 Å². The molecule has 10 heavy (non-hydrogen) atoms. The molecule has 0 unspecified atom stereocenters. The first-order valence-electron chi connectivity index (χ1n) is 2.43. The van der Waals surface area contributed by atoms with E-state index < -0.39 is 12.2 Å². The van der Waals surface area contributed by atoms with E-state index in [9.17, 15) is 0 Å². The highest BCUT2D eigenvalue weighted by Gasteiger charge is 2.10. The summed E-state index contributed by atoms with van der Waals surface area (Å²) in [5.74, 6) is 0. The minimum atomic E-state index is -1.36. The quantitative estimate of drug-likeness (QED) is 0.225.